The molecule has 3 rings (SSSR count). The van der Waals surface area contributed by atoms with E-state index in [0.29, 0.717) is 0 Å². The van der Waals surface area contributed by atoms with Gasteiger partial charge in [0.15, 0.2) is 0 Å². The molecular formula is C15H17NOS. The van der Waals surface area contributed by atoms with Crippen molar-refractivity contribution in [1.82, 2.24) is 0 Å². The molecule has 0 aliphatic carbocycles. The van der Waals surface area contributed by atoms with Crippen LogP contribution in [-0.4, -0.2) is 18.7 Å². The van der Waals surface area contributed by atoms with Gasteiger partial charge in [-0.3, -0.25) is 0 Å². The fourth-order valence-corrected chi connectivity index (χ4v) is 3.32. The van der Waals surface area contributed by atoms with Gasteiger partial charge in [0.25, 0.3) is 0 Å². The lowest BCUT2D eigenvalue weighted by Gasteiger charge is -2.28. The number of hydrogen-bond donors (Lipinski definition) is 1. The molecule has 0 saturated heterocycles. The Morgan fingerprint density at radius 1 is 1.33 bits per heavy atom. The largest absolute Gasteiger partial charge is 0.383 e. The summed E-state index contributed by atoms with van der Waals surface area (Å²) in [4.78, 5) is 3.30. The van der Waals surface area contributed by atoms with E-state index in [-0.39, 0.29) is 0 Å². The highest BCUT2D eigenvalue weighted by atomic mass is 32.1. The van der Waals surface area contributed by atoms with Crippen molar-refractivity contribution in [2.24, 2.45) is 0 Å². The van der Waals surface area contributed by atoms with Gasteiger partial charge in [-0.1, -0.05) is 18.2 Å². The van der Waals surface area contributed by atoms with E-state index in [1.54, 1.807) is 11.3 Å². The molecule has 0 amide bonds. The van der Waals surface area contributed by atoms with Crippen molar-refractivity contribution in [1.29, 1.82) is 0 Å². The summed E-state index contributed by atoms with van der Waals surface area (Å²) in [6, 6.07) is 10.3. The minimum absolute atomic E-state index is 0.484. The molecule has 2 heterocycles. The molecule has 1 unspecified atom stereocenters. The number of fused-ring (bicyclic) bond motifs is 1. The Kier molecular flexibility index (Phi) is 3.10. The predicted octanol–water partition coefficient (Wildman–Crippen LogP) is 3.21. The molecule has 1 aromatic heterocycles. The van der Waals surface area contributed by atoms with Crippen LogP contribution in [0.1, 0.15) is 28.5 Å². The van der Waals surface area contributed by atoms with Gasteiger partial charge >= 0.3 is 0 Å². The van der Waals surface area contributed by atoms with Crippen LogP contribution in [-0.2, 0) is 6.42 Å². The van der Waals surface area contributed by atoms with Crippen molar-refractivity contribution in [2.45, 2.75) is 18.9 Å². The van der Waals surface area contributed by atoms with Crippen LogP contribution in [0.4, 0.5) is 5.69 Å². The van der Waals surface area contributed by atoms with E-state index in [2.05, 4.69) is 24.1 Å². The van der Waals surface area contributed by atoms with Gasteiger partial charge in [0.2, 0.25) is 0 Å². The van der Waals surface area contributed by atoms with Crippen LogP contribution in [0.3, 0.4) is 0 Å². The summed E-state index contributed by atoms with van der Waals surface area (Å²) in [6.07, 6.45) is 1.83. The van der Waals surface area contributed by atoms with E-state index in [4.69, 9.17) is 0 Å². The Morgan fingerprint density at radius 2 is 2.22 bits per heavy atom. The van der Waals surface area contributed by atoms with Crippen molar-refractivity contribution >= 4 is 17.0 Å². The minimum Gasteiger partial charge on any atom is -0.383 e. The lowest BCUT2D eigenvalue weighted by Crippen LogP contribution is -2.24. The van der Waals surface area contributed by atoms with Crippen LogP contribution in [0.2, 0.25) is 0 Å². The van der Waals surface area contributed by atoms with E-state index in [9.17, 15) is 5.11 Å². The molecule has 0 spiro atoms. The van der Waals surface area contributed by atoms with E-state index in [0.717, 1.165) is 23.4 Å². The first kappa shape index (κ1) is 11.8. The van der Waals surface area contributed by atoms with Crippen molar-refractivity contribution in [3.05, 3.63) is 51.7 Å². The smallest absolute Gasteiger partial charge is 0.113 e. The van der Waals surface area contributed by atoms with Gasteiger partial charge in [-0.15, -0.1) is 11.3 Å². The standard InChI is InChI=1S/C15H17NOS/c1-16-8-2-4-11-10-12(6-7-13(11)16)15(17)14-5-3-9-18-14/h3,5-7,9-10,15,17H,2,4,8H2,1H3. The molecule has 2 nitrogen and oxygen atoms in total. The Morgan fingerprint density at radius 3 is 3.00 bits per heavy atom. The number of nitrogens with zero attached hydrogens (tertiary/aromatic N) is 1. The second kappa shape index (κ2) is 4.75. The second-order valence-corrected chi connectivity index (χ2v) is 5.81. The quantitative estimate of drug-likeness (QED) is 0.895. The Balaban J connectivity index is 1.95. The van der Waals surface area contributed by atoms with Gasteiger partial charge in [0.05, 0.1) is 0 Å². The van der Waals surface area contributed by atoms with Gasteiger partial charge in [-0.25, -0.2) is 0 Å². The first-order chi connectivity index (χ1) is 8.75. The van der Waals surface area contributed by atoms with E-state index in [1.165, 1.54) is 17.7 Å². The number of rotatable bonds is 2. The highest BCUT2D eigenvalue weighted by Crippen LogP contribution is 2.32. The molecule has 1 atom stereocenters. The first-order valence-electron chi connectivity index (χ1n) is 6.31. The van der Waals surface area contributed by atoms with Crippen molar-refractivity contribution < 1.29 is 5.11 Å². The summed E-state index contributed by atoms with van der Waals surface area (Å²) in [6.45, 7) is 1.12. The average Bonchev–Trinajstić information content (AvgIpc) is 2.91. The summed E-state index contributed by atoms with van der Waals surface area (Å²) in [5.41, 5.74) is 3.67. The van der Waals surface area contributed by atoms with E-state index < -0.39 is 6.10 Å². The predicted molar refractivity (Wildman–Crippen MR) is 76.4 cm³/mol. The van der Waals surface area contributed by atoms with E-state index in [1.807, 2.05) is 23.6 Å². The number of hydrogen-bond acceptors (Lipinski definition) is 3. The molecule has 94 valence electrons. The summed E-state index contributed by atoms with van der Waals surface area (Å²) < 4.78 is 0. The van der Waals surface area contributed by atoms with Crippen LogP contribution in [0.15, 0.2) is 35.7 Å². The summed E-state index contributed by atoms with van der Waals surface area (Å²) >= 11 is 1.60. The van der Waals surface area contributed by atoms with Crippen LogP contribution in [0.5, 0.6) is 0 Å². The molecule has 1 aromatic carbocycles. The van der Waals surface area contributed by atoms with Crippen LogP contribution < -0.4 is 4.90 Å². The third-order valence-corrected chi connectivity index (χ3v) is 4.51. The van der Waals surface area contributed by atoms with Crippen LogP contribution in [0, 0.1) is 0 Å². The van der Waals surface area contributed by atoms with Gasteiger partial charge in [-0.2, -0.15) is 0 Å². The van der Waals surface area contributed by atoms with Crippen LogP contribution >= 0.6 is 11.3 Å². The highest BCUT2D eigenvalue weighted by Gasteiger charge is 2.17. The van der Waals surface area contributed by atoms with Gasteiger partial charge < -0.3 is 10.0 Å². The zero-order valence-corrected chi connectivity index (χ0v) is 11.3. The fraction of sp³-hybridized carbons (Fsp3) is 0.333. The molecule has 2 aromatic rings. The van der Waals surface area contributed by atoms with E-state index >= 15 is 0 Å². The molecular weight excluding hydrogens is 242 g/mol. The van der Waals surface area contributed by atoms with Crippen molar-refractivity contribution in [2.75, 3.05) is 18.5 Å². The van der Waals surface area contributed by atoms with Crippen molar-refractivity contribution in [3.8, 4) is 0 Å². The number of aliphatic hydroxyl groups excluding tert-OH is 1. The maximum Gasteiger partial charge on any atom is 0.113 e. The highest BCUT2D eigenvalue weighted by molar-refractivity contribution is 7.10. The number of thiophene rings is 1. The second-order valence-electron chi connectivity index (χ2n) is 4.83. The number of aliphatic hydroxyl groups is 1. The topological polar surface area (TPSA) is 23.5 Å². The Labute approximate surface area is 112 Å². The normalized spacial score (nSPS) is 16.4. The zero-order chi connectivity index (χ0) is 12.5. The molecule has 18 heavy (non-hydrogen) atoms. The monoisotopic (exact) mass is 259 g/mol. The molecule has 0 fully saturated rings. The summed E-state index contributed by atoms with van der Waals surface area (Å²) in [5, 5.41) is 12.3. The lowest BCUT2D eigenvalue weighted by atomic mass is 9.97. The molecule has 0 radical (unpaired) electrons. The third-order valence-electron chi connectivity index (χ3n) is 3.58. The van der Waals surface area contributed by atoms with Gasteiger partial charge in [-0.05, 0) is 41.5 Å². The number of anilines is 1. The average molecular weight is 259 g/mol. The van der Waals surface area contributed by atoms with Gasteiger partial charge in [0, 0.05) is 24.2 Å². The molecule has 0 bridgehead atoms. The summed E-state index contributed by atoms with van der Waals surface area (Å²) in [5.74, 6) is 0. The fourth-order valence-electron chi connectivity index (χ4n) is 2.59. The zero-order valence-electron chi connectivity index (χ0n) is 10.5. The third kappa shape index (κ3) is 2.04. The first-order valence-corrected chi connectivity index (χ1v) is 7.19. The SMILES string of the molecule is CN1CCCc2cc(C(O)c3cccs3)ccc21. The molecule has 1 aliphatic rings. The maximum atomic E-state index is 10.3. The van der Waals surface area contributed by atoms with Crippen molar-refractivity contribution in [3.63, 3.8) is 0 Å². The number of aryl methyl sites for hydroxylation is 1. The number of benzene rings is 1. The Bertz CT molecular complexity index is 535. The Hall–Kier alpha value is -1.32. The maximum absolute atomic E-state index is 10.3. The molecule has 1 aliphatic heterocycles. The molecule has 3 heteroatoms. The lowest BCUT2D eigenvalue weighted by molar-refractivity contribution is 0.224. The molecule has 0 saturated carbocycles. The summed E-state index contributed by atoms with van der Waals surface area (Å²) in [7, 11) is 2.13. The molecule has 1 N–H and O–H groups in total. The van der Waals surface area contributed by atoms with Crippen LogP contribution in [0.25, 0.3) is 0 Å². The minimum atomic E-state index is -0.484. The van der Waals surface area contributed by atoms with Gasteiger partial charge in [0.1, 0.15) is 6.10 Å².